The molecular formula is C8H18N2O3Si. The molecule has 0 bridgehead atoms. The maximum absolute atomic E-state index is 11.4. The van der Waals surface area contributed by atoms with E-state index in [4.69, 9.17) is 8.85 Å². The van der Waals surface area contributed by atoms with Crippen LogP contribution in [0, 0.1) is 0 Å². The maximum Gasteiger partial charge on any atom is 0.357 e. The number of nitrogens with zero attached hydrogens (tertiary/aromatic N) is 1. The molecule has 0 aromatic rings. The van der Waals surface area contributed by atoms with Gasteiger partial charge in [-0.2, -0.15) is 0 Å². The van der Waals surface area contributed by atoms with E-state index in [1.54, 1.807) is 26.2 Å². The van der Waals surface area contributed by atoms with Gasteiger partial charge in [-0.05, 0) is 13.0 Å². The second-order valence-corrected chi connectivity index (χ2v) is 6.99. The SMILES string of the molecule is CNC(=O)N1CCC1[Si](C)(OC)OC. The molecule has 0 saturated carbocycles. The quantitative estimate of drug-likeness (QED) is 0.693. The Kier molecular flexibility index (Phi) is 3.52. The lowest BCUT2D eigenvalue weighted by molar-refractivity contribution is 0.111. The fourth-order valence-corrected chi connectivity index (χ4v) is 3.85. The molecule has 5 nitrogen and oxygen atoms in total. The van der Waals surface area contributed by atoms with Crippen LogP contribution < -0.4 is 5.32 Å². The van der Waals surface area contributed by atoms with E-state index in [0.29, 0.717) is 0 Å². The van der Waals surface area contributed by atoms with Gasteiger partial charge in [-0.25, -0.2) is 4.79 Å². The zero-order valence-electron chi connectivity index (χ0n) is 9.16. The molecule has 1 rings (SSSR count). The summed E-state index contributed by atoms with van der Waals surface area (Å²) in [7, 11) is 2.74. The number of carbonyl (C=O) groups excluding carboxylic acids is 1. The molecule has 2 amide bonds. The molecule has 1 unspecified atom stereocenters. The molecule has 0 radical (unpaired) electrons. The number of carbonyl (C=O) groups is 1. The van der Waals surface area contributed by atoms with E-state index >= 15 is 0 Å². The topological polar surface area (TPSA) is 50.8 Å². The number of amides is 2. The maximum atomic E-state index is 11.4. The summed E-state index contributed by atoms with van der Waals surface area (Å²) in [5.41, 5.74) is 0.137. The lowest BCUT2D eigenvalue weighted by Crippen LogP contribution is -2.67. The molecule has 1 aliphatic heterocycles. The van der Waals surface area contributed by atoms with Crippen molar-refractivity contribution in [3.05, 3.63) is 0 Å². The second kappa shape index (κ2) is 4.29. The summed E-state index contributed by atoms with van der Waals surface area (Å²) in [5.74, 6) is 0. The van der Waals surface area contributed by atoms with Gasteiger partial charge in [0, 0.05) is 27.8 Å². The Morgan fingerprint density at radius 2 is 2.07 bits per heavy atom. The standard InChI is InChI=1S/C8H18N2O3Si/c1-9-8(11)10-6-5-7(10)14(4,12-2)13-3/h7H,5-6H2,1-4H3,(H,9,11). The van der Waals surface area contributed by atoms with Gasteiger partial charge in [0.25, 0.3) is 0 Å². The summed E-state index contributed by atoms with van der Waals surface area (Å²) >= 11 is 0. The highest BCUT2D eigenvalue weighted by molar-refractivity contribution is 6.68. The van der Waals surface area contributed by atoms with E-state index in [1.165, 1.54) is 0 Å². The average molecular weight is 218 g/mol. The number of rotatable bonds is 3. The monoisotopic (exact) mass is 218 g/mol. The first-order chi connectivity index (χ1) is 6.59. The van der Waals surface area contributed by atoms with Gasteiger partial charge in [-0.1, -0.05) is 0 Å². The molecule has 0 aromatic carbocycles. The molecule has 0 aromatic heterocycles. The smallest absolute Gasteiger partial charge is 0.357 e. The predicted molar refractivity (Wildman–Crippen MR) is 55.2 cm³/mol. The minimum absolute atomic E-state index is 0.0472. The van der Waals surface area contributed by atoms with E-state index in [9.17, 15) is 4.79 Å². The van der Waals surface area contributed by atoms with Crippen LogP contribution in [0.25, 0.3) is 0 Å². The summed E-state index contributed by atoms with van der Waals surface area (Å²) in [6.07, 6.45) is 0.970. The fourth-order valence-electron chi connectivity index (χ4n) is 1.67. The second-order valence-electron chi connectivity index (χ2n) is 3.48. The molecule has 1 saturated heterocycles. The van der Waals surface area contributed by atoms with Crippen molar-refractivity contribution in [1.29, 1.82) is 0 Å². The molecule has 1 aliphatic rings. The minimum atomic E-state index is -2.19. The number of likely N-dealkylation sites (tertiary alicyclic amines) is 1. The van der Waals surface area contributed by atoms with Crippen molar-refractivity contribution in [3.63, 3.8) is 0 Å². The van der Waals surface area contributed by atoms with Crippen LogP contribution in [0.4, 0.5) is 4.79 Å². The average Bonchev–Trinajstić information content (AvgIpc) is 2.15. The van der Waals surface area contributed by atoms with E-state index in [0.717, 1.165) is 13.0 Å². The van der Waals surface area contributed by atoms with Crippen LogP contribution in [0.1, 0.15) is 6.42 Å². The Morgan fingerprint density at radius 1 is 1.50 bits per heavy atom. The first-order valence-corrected chi connectivity index (χ1v) is 7.07. The molecule has 0 spiro atoms. The van der Waals surface area contributed by atoms with Gasteiger partial charge < -0.3 is 19.1 Å². The zero-order chi connectivity index (χ0) is 10.8. The Labute approximate surface area is 85.6 Å². The van der Waals surface area contributed by atoms with E-state index in [-0.39, 0.29) is 11.7 Å². The first kappa shape index (κ1) is 11.5. The number of hydrogen-bond donors (Lipinski definition) is 1. The lowest BCUT2D eigenvalue weighted by Gasteiger charge is -2.46. The van der Waals surface area contributed by atoms with E-state index in [1.807, 2.05) is 6.55 Å². The van der Waals surface area contributed by atoms with Gasteiger partial charge >= 0.3 is 14.6 Å². The third kappa shape index (κ3) is 1.77. The summed E-state index contributed by atoms with van der Waals surface area (Å²) in [4.78, 5) is 13.2. The molecule has 1 heterocycles. The van der Waals surface area contributed by atoms with Crippen molar-refractivity contribution in [1.82, 2.24) is 10.2 Å². The highest BCUT2D eigenvalue weighted by Crippen LogP contribution is 2.27. The van der Waals surface area contributed by atoms with Gasteiger partial charge in [0.2, 0.25) is 0 Å². The Balaban J connectivity index is 2.65. The first-order valence-electron chi connectivity index (χ1n) is 4.67. The van der Waals surface area contributed by atoms with Crippen molar-refractivity contribution in [2.24, 2.45) is 0 Å². The van der Waals surface area contributed by atoms with Gasteiger partial charge in [-0.15, -0.1) is 0 Å². The van der Waals surface area contributed by atoms with Crippen LogP contribution in [0.15, 0.2) is 0 Å². The van der Waals surface area contributed by atoms with Crippen LogP contribution in [-0.4, -0.2) is 53.0 Å². The van der Waals surface area contributed by atoms with Crippen LogP contribution in [0.5, 0.6) is 0 Å². The zero-order valence-corrected chi connectivity index (χ0v) is 10.2. The highest BCUT2D eigenvalue weighted by Gasteiger charge is 2.49. The van der Waals surface area contributed by atoms with Crippen molar-refractivity contribution in [2.75, 3.05) is 27.8 Å². The molecule has 1 N–H and O–H groups in total. The number of urea groups is 1. The van der Waals surface area contributed by atoms with Gasteiger partial charge in [-0.3, -0.25) is 0 Å². The van der Waals surface area contributed by atoms with Crippen LogP contribution >= 0.6 is 0 Å². The predicted octanol–water partition coefficient (Wildman–Crippen LogP) is 0.304. The molecule has 1 atom stereocenters. The van der Waals surface area contributed by atoms with Crippen molar-refractivity contribution < 1.29 is 13.6 Å². The summed E-state index contributed by atoms with van der Waals surface area (Å²) in [5, 5.41) is 2.62. The third-order valence-corrected chi connectivity index (χ3v) is 6.34. The Morgan fingerprint density at radius 3 is 2.36 bits per heavy atom. The molecular weight excluding hydrogens is 200 g/mol. The lowest BCUT2D eigenvalue weighted by atomic mass is 10.2. The van der Waals surface area contributed by atoms with Crippen molar-refractivity contribution >= 4 is 14.6 Å². The van der Waals surface area contributed by atoms with Crippen LogP contribution in [0.3, 0.4) is 0 Å². The third-order valence-electron chi connectivity index (χ3n) is 2.91. The molecule has 1 fully saturated rings. The molecule has 6 heteroatoms. The molecule has 82 valence electrons. The summed E-state index contributed by atoms with van der Waals surface area (Å²) in [6.45, 7) is 2.77. The normalized spacial score (nSPS) is 21.7. The van der Waals surface area contributed by atoms with Crippen molar-refractivity contribution in [2.45, 2.75) is 18.6 Å². The molecule has 0 aliphatic carbocycles. The largest absolute Gasteiger partial charge is 0.397 e. The van der Waals surface area contributed by atoms with Crippen LogP contribution in [0.2, 0.25) is 6.55 Å². The number of hydrogen-bond acceptors (Lipinski definition) is 3. The van der Waals surface area contributed by atoms with E-state index in [2.05, 4.69) is 5.32 Å². The van der Waals surface area contributed by atoms with Crippen molar-refractivity contribution in [3.8, 4) is 0 Å². The van der Waals surface area contributed by atoms with Crippen LogP contribution in [-0.2, 0) is 8.85 Å². The number of nitrogens with one attached hydrogen (secondary N) is 1. The minimum Gasteiger partial charge on any atom is -0.397 e. The van der Waals surface area contributed by atoms with E-state index < -0.39 is 8.56 Å². The highest BCUT2D eigenvalue weighted by atomic mass is 28.4. The summed E-state index contributed by atoms with van der Waals surface area (Å²) in [6, 6.07) is -0.0472. The fraction of sp³-hybridized carbons (Fsp3) is 0.875. The summed E-state index contributed by atoms with van der Waals surface area (Å²) < 4.78 is 10.8. The molecule has 14 heavy (non-hydrogen) atoms. The Bertz CT molecular complexity index is 221. The van der Waals surface area contributed by atoms with Gasteiger partial charge in [0.05, 0.1) is 5.67 Å². The van der Waals surface area contributed by atoms with Gasteiger partial charge in [0.15, 0.2) is 0 Å². The van der Waals surface area contributed by atoms with Gasteiger partial charge in [0.1, 0.15) is 0 Å². The Hall–Kier alpha value is -0.593.